The van der Waals surface area contributed by atoms with Crippen molar-refractivity contribution in [3.8, 4) is 5.88 Å². The smallest absolute Gasteiger partial charge is 0.213 e. The molecule has 0 atom stereocenters. The second-order valence-electron chi connectivity index (χ2n) is 2.92. The molecule has 0 spiro atoms. The lowest BCUT2D eigenvalue weighted by molar-refractivity contribution is 0.297. The fraction of sp³-hybridized carbons (Fsp3) is 0.500. The van der Waals surface area contributed by atoms with Gasteiger partial charge in [0.15, 0.2) is 0 Å². The van der Waals surface area contributed by atoms with Crippen molar-refractivity contribution in [1.82, 2.24) is 4.98 Å². The largest absolute Gasteiger partial charge is 0.478 e. The lowest BCUT2D eigenvalue weighted by Gasteiger charge is -2.05. The summed E-state index contributed by atoms with van der Waals surface area (Å²) in [4.78, 5) is 4.31. The van der Waals surface area contributed by atoms with Crippen LogP contribution in [0.25, 0.3) is 0 Å². The number of hydrogen-bond acceptors (Lipinski definition) is 2. The molecule has 0 aliphatic rings. The molecule has 0 aliphatic heterocycles. The van der Waals surface area contributed by atoms with Gasteiger partial charge in [-0.3, -0.25) is 0 Å². The SMILES string of the molecule is CCCCOc1ccc(I)c(C)n1. The molecule has 72 valence electrons. The Bertz CT molecular complexity index is 276. The van der Waals surface area contributed by atoms with Gasteiger partial charge >= 0.3 is 0 Å². The Balaban J connectivity index is 2.53. The Morgan fingerprint density at radius 3 is 2.85 bits per heavy atom. The zero-order chi connectivity index (χ0) is 9.68. The number of aromatic nitrogens is 1. The van der Waals surface area contributed by atoms with E-state index < -0.39 is 0 Å². The standard InChI is InChI=1S/C10H14INO/c1-3-4-7-13-10-6-5-9(11)8(2)12-10/h5-6H,3-4,7H2,1-2H3. The van der Waals surface area contributed by atoms with E-state index in [9.17, 15) is 0 Å². The summed E-state index contributed by atoms with van der Waals surface area (Å²) >= 11 is 2.27. The molecule has 0 saturated heterocycles. The van der Waals surface area contributed by atoms with Crippen molar-refractivity contribution in [2.24, 2.45) is 0 Å². The third-order valence-electron chi connectivity index (χ3n) is 1.74. The van der Waals surface area contributed by atoms with Gasteiger partial charge in [-0.1, -0.05) is 13.3 Å². The summed E-state index contributed by atoms with van der Waals surface area (Å²) in [6.07, 6.45) is 2.25. The fourth-order valence-electron chi connectivity index (χ4n) is 0.922. The summed E-state index contributed by atoms with van der Waals surface area (Å²) in [5.74, 6) is 0.742. The number of ether oxygens (including phenoxy) is 1. The maximum absolute atomic E-state index is 5.47. The summed E-state index contributed by atoms with van der Waals surface area (Å²) < 4.78 is 6.65. The van der Waals surface area contributed by atoms with Gasteiger partial charge in [0.25, 0.3) is 0 Å². The molecule has 0 N–H and O–H groups in total. The number of aryl methyl sites for hydroxylation is 1. The highest BCUT2D eigenvalue weighted by Gasteiger charge is 1.98. The molecule has 0 unspecified atom stereocenters. The van der Waals surface area contributed by atoms with E-state index >= 15 is 0 Å². The maximum atomic E-state index is 5.47. The van der Waals surface area contributed by atoms with Crippen LogP contribution in [0.15, 0.2) is 12.1 Å². The number of rotatable bonds is 4. The average molecular weight is 291 g/mol. The van der Waals surface area contributed by atoms with E-state index in [1.54, 1.807) is 0 Å². The van der Waals surface area contributed by atoms with Crippen molar-refractivity contribution in [2.45, 2.75) is 26.7 Å². The molecule has 3 heteroatoms. The first kappa shape index (κ1) is 10.8. The van der Waals surface area contributed by atoms with Crippen LogP contribution in [-0.4, -0.2) is 11.6 Å². The summed E-state index contributed by atoms with van der Waals surface area (Å²) in [5.41, 5.74) is 1.04. The molecule has 0 aromatic carbocycles. The first-order valence-electron chi connectivity index (χ1n) is 4.50. The van der Waals surface area contributed by atoms with E-state index in [2.05, 4.69) is 34.5 Å². The average Bonchev–Trinajstić information content (AvgIpc) is 2.12. The molecule has 0 amide bonds. The molecule has 2 nitrogen and oxygen atoms in total. The topological polar surface area (TPSA) is 22.1 Å². The number of nitrogens with zero attached hydrogens (tertiary/aromatic N) is 1. The predicted molar refractivity (Wildman–Crippen MR) is 62.1 cm³/mol. The molecule has 0 saturated carbocycles. The van der Waals surface area contributed by atoms with E-state index in [-0.39, 0.29) is 0 Å². The Morgan fingerprint density at radius 1 is 1.46 bits per heavy atom. The van der Waals surface area contributed by atoms with Crippen LogP contribution in [0.5, 0.6) is 5.88 Å². The van der Waals surface area contributed by atoms with E-state index in [0.29, 0.717) is 0 Å². The first-order chi connectivity index (χ1) is 6.24. The van der Waals surface area contributed by atoms with Crippen molar-refractivity contribution in [3.05, 3.63) is 21.4 Å². The van der Waals surface area contributed by atoms with E-state index in [1.807, 2.05) is 19.1 Å². The van der Waals surface area contributed by atoms with Crippen molar-refractivity contribution in [3.63, 3.8) is 0 Å². The summed E-state index contributed by atoms with van der Waals surface area (Å²) in [6, 6.07) is 3.95. The minimum Gasteiger partial charge on any atom is -0.478 e. The third-order valence-corrected chi connectivity index (χ3v) is 2.88. The predicted octanol–water partition coefficient (Wildman–Crippen LogP) is 3.17. The molecule has 0 radical (unpaired) electrons. The van der Waals surface area contributed by atoms with Gasteiger partial charge in [0.1, 0.15) is 0 Å². The number of pyridine rings is 1. The molecule has 1 aromatic heterocycles. The Morgan fingerprint density at radius 2 is 2.23 bits per heavy atom. The van der Waals surface area contributed by atoms with Gasteiger partial charge in [0.2, 0.25) is 5.88 Å². The molecular formula is C10H14INO. The van der Waals surface area contributed by atoms with Crippen LogP contribution in [0.2, 0.25) is 0 Å². The highest BCUT2D eigenvalue weighted by molar-refractivity contribution is 14.1. The zero-order valence-electron chi connectivity index (χ0n) is 8.01. The Kier molecular flexibility index (Phi) is 4.48. The highest BCUT2D eigenvalue weighted by atomic mass is 127. The summed E-state index contributed by atoms with van der Waals surface area (Å²) in [6.45, 7) is 4.91. The second kappa shape index (κ2) is 5.42. The minimum absolute atomic E-state index is 0.742. The second-order valence-corrected chi connectivity index (χ2v) is 4.08. The normalized spacial score (nSPS) is 10.1. The Hall–Kier alpha value is -0.320. The molecule has 13 heavy (non-hydrogen) atoms. The maximum Gasteiger partial charge on any atom is 0.213 e. The van der Waals surface area contributed by atoms with Crippen LogP contribution < -0.4 is 4.74 Å². The summed E-state index contributed by atoms with van der Waals surface area (Å²) in [7, 11) is 0. The van der Waals surface area contributed by atoms with Crippen molar-refractivity contribution in [1.29, 1.82) is 0 Å². The van der Waals surface area contributed by atoms with Gasteiger partial charge in [-0.25, -0.2) is 4.98 Å². The lowest BCUT2D eigenvalue weighted by Crippen LogP contribution is -1.99. The van der Waals surface area contributed by atoms with Crippen molar-refractivity contribution >= 4 is 22.6 Å². The van der Waals surface area contributed by atoms with Crippen LogP contribution in [0.1, 0.15) is 25.5 Å². The van der Waals surface area contributed by atoms with Gasteiger partial charge in [-0.05, 0) is 42.0 Å². The van der Waals surface area contributed by atoms with Crippen LogP contribution in [-0.2, 0) is 0 Å². The van der Waals surface area contributed by atoms with Crippen LogP contribution >= 0.6 is 22.6 Å². The van der Waals surface area contributed by atoms with E-state index in [4.69, 9.17) is 4.74 Å². The fourth-order valence-corrected chi connectivity index (χ4v) is 1.22. The minimum atomic E-state index is 0.742. The van der Waals surface area contributed by atoms with Gasteiger partial charge < -0.3 is 4.74 Å². The van der Waals surface area contributed by atoms with Crippen LogP contribution in [0.4, 0.5) is 0 Å². The zero-order valence-corrected chi connectivity index (χ0v) is 10.2. The first-order valence-corrected chi connectivity index (χ1v) is 5.58. The molecule has 0 fully saturated rings. The van der Waals surface area contributed by atoms with Crippen molar-refractivity contribution < 1.29 is 4.74 Å². The molecule has 0 bridgehead atoms. The van der Waals surface area contributed by atoms with Crippen molar-refractivity contribution in [2.75, 3.05) is 6.61 Å². The third kappa shape index (κ3) is 3.50. The number of hydrogen-bond donors (Lipinski definition) is 0. The van der Waals surface area contributed by atoms with Crippen LogP contribution in [0, 0.1) is 10.5 Å². The molecular weight excluding hydrogens is 277 g/mol. The van der Waals surface area contributed by atoms with Gasteiger partial charge in [0, 0.05) is 9.64 Å². The van der Waals surface area contributed by atoms with Crippen LogP contribution in [0.3, 0.4) is 0 Å². The number of halogens is 1. The molecule has 0 aliphatic carbocycles. The van der Waals surface area contributed by atoms with Gasteiger partial charge in [0.05, 0.1) is 12.3 Å². The summed E-state index contributed by atoms with van der Waals surface area (Å²) in [5, 5.41) is 0. The monoisotopic (exact) mass is 291 g/mol. The molecule has 1 heterocycles. The quantitative estimate of drug-likeness (QED) is 0.628. The highest BCUT2D eigenvalue weighted by Crippen LogP contribution is 2.14. The van der Waals surface area contributed by atoms with Gasteiger partial charge in [-0.2, -0.15) is 0 Å². The van der Waals surface area contributed by atoms with E-state index in [0.717, 1.165) is 31.0 Å². The van der Waals surface area contributed by atoms with Gasteiger partial charge in [-0.15, -0.1) is 0 Å². The lowest BCUT2D eigenvalue weighted by atomic mass is 10.3. The molecule has 1 rings (SSSR count). The Labute approximate surface area is 92.9 Å². The molecule has 1 aromatic rings. The number of unbranched alkanes of at least 4 members (excludes halogenated alkanes) is 1. The van der Waals surface area contributed by atoms with E-state index in [1.165, 1.54) is 3.57 Å².